The standard InChI is InChI=1S/C32H38N8O12P2S2/c1-16(33)21(41)7-6-17-4-2-3-5-20(17)29(43)38-32-37-28-25(30(44)39-32)36-15-40(28)31-27-26(42)23(50-31)13-48-53(45,55)51-22-11-19(49-24-8-9-34-14-35-24)10-18(22)12-47-54(46,56)52-27/h2-5,8-9,14-16,18-19,22-23,26-27,31,42H,6-7,10-13,33H2,1H3,(H,45,55)(H,46,56)(H2,37,38,39,43,44)/t16-,18+,19+,22-,23+,26+,27+,31+,53?,54?/m0/s1. The molecular weight excluding hydrogens is 814 g/mol. The van der Waals surface area contributed by atoms with Crippen molar-refractivity contribution in [3.8, 4) is 5.88 Å². The zero-order valence-corrected chi connectivity index (χ0v) is 33.0. The van der Waals surface area contributed by atoms with Crippen molar-refractivity contribution in [1.82, 2.24) is 29.5 Å². The number of thiol groups is 1. The number of nitrogens with one attached hydrogen (secondary N) is 2. The van der Waals surface area contributed by atoms with Gasteiger partial charge in [-0.05, 0) is 43.2 Å². The topological polar surface area (TPSA) is 274 Å². The predicted octanol–water partition coefficient (Wildman–Crippen LogP) is 2.20. The number of aliphatic hydroxyl groups excluding tert-OH is 1. The normalized spacial score (nSPS) is 31.4. The molecule has 0 radical (unpaired) electrons. The Hall–Kier alpha value is -3.50. The number of benzene rings is 1. The number of hydrogen-bond acceptors (Lipinski definition) is 17. The van der Waals surface area contributed by atoms with E-state index < -0.39 is 80.3 Å². The van der Waals surface area contributed by atoms with Crippen LogP contribution in [0.25, 0.3) is 11.2 Å². The molecule has 1 amide bonds. The molecule has 1 aromatic carbocycles. The van der Waals surface area contributed by atoms with Gasteiger partial charge in [0, 0.05) is 36.6 Å². The molecule has 24 heteroatoms. The Kier molecular flexibility index (Phi) is 12.2. The van der Waals surface area contributed by atoms with Gasteiger partial charge in [-0.15, -0.1) is 0 Å². The fourth-order valence-corrected chi connectivity index (χ4v) is 9.70. The van der Waals surface area contributed by atoms with E-state index in [1.807, 2.05) is 0 Å². The highest BCUT2D eigenvalue weighted by atomic mass is 32.7. The first-order valence-electron chi connectivity index (χ1n) is 17.4. The van der Waals surface area contributed by atoms with Gasteiger partial charge < -0.3 is 38.8 Å². The first-order chi connectivity index (χ1) is 26.7. The van der Waals surface area contributed by atoms with Crippen LogP contribution in [-0.4, -0.2) is 101 Å². The third kappa shape index (κ3) is 9.28. The summed E-state index contributed by atoms with van der Waals surface area (Å²) in [7, 11) is 0. The number of amides is 1. The molecule has 10 atom stereocenters. The van der Waals surface area contributed by atoms with Gasteiger partial charge >= 0.3 is 13.5 Å². The maximum absolute atomic E-state index is 13.8. The Morgan fingerprint density at radius 1 is 1.18 bits per heavy atom. The smallest absolute Gasteiger partial charge is 0.386 e. The largest absolute Gasteiger partial charge is 0.474 e. The van der Waals surface area contributed by atoms with Crippen LogP contribution in [0.15, 0.2) is 54.0 Å². The van der Waals surface area contributed by atoms with Crippen LogP contribution in [0, 0.1) is 5.92 Å². The summed E-state index contributed by atoms with van der Waals surface area (Å²) in [6.45, 7) is -7.40. The number of hydrogen-bond donors (Lipinski definition) is 6. The van der Waals surface area contributed by atoms with Crippen molar-refractivity contribution in [2.45, 2.75) is 75.4 Å². The van der Waals surface area contributed by atoms with Gasteiger partial charge in [0.1, 0.15) is 36.5 Å². The highest BCUT2D eigenvalue weighted by Crippen LogP contribution is 2.58. The number of aromatic amines is 1. The van der Waals surface area contributed by atoms with E-state index in [4.69, 9.17) is 45.1 Å². The molecule has 1 saturated carbocycles. The maximum atomic E-state index is 13.8. The highest BCUT2D eigenvalue weighted by molar-refractivity contribution is 8.44. The van der Waals surface area contributed by atoms with Crippen molar-refractivity contribution in [3.05, 3.63) is 70.7 Å². The SMILES string of the molecule is C[C@H](N)C(=O)CCc1ccccc1C(=O)Nc1nc2c(ncn2[C@@H]2O[C@@H]3COP(O)(=S)O[C@H]4C[C@H](Oc5ccncn5)C[C@@H]4COP(=O)(S)O[C@@H]2[C@@H]3O)c(=O)[nH]1. The molecule has 6 N–H and O–H groups in total. The van der Waals surface area contributed by atoms with E-state index in [0.29, 0.717) is 17.9 Å². The first kappa shape index (κ1) is 40.7. The van der Waals surface area contributed by atoms with Crippen molar-refractivity contribution in [2.75, 3.05) is 18.5 Å². The Morgan fingerprint density at radius 2 is 1.98 bits per heavy atom. The zero-order chi connectivity index (χ0) is 39.8. The van der Waals surface area contributed by atoms with Gasteiger partial charge in [-0.2, -0.15) is 4.98 Å². The lowest BCUT2D eigenvalue weighted by Gasteiger charge is -2.27. The molecule has 0 spiro atoms. The molecule has 4 aromatic rings. The van der Waals surface area contributed by atoms with E-state index in [1.54, 1.807) is 37.3 Å². The summed E-state index contributed by atoms with van der Waals surface area (Å²) in [5, 5.41) is 14.0. The van der Waals surface area contributed by atoms with E-state index >= 15 is 0 Å². The average molecular weight is 853 g/mol. The number of H-pyrrole nitrogens is 1. The minimum absolute atomic E-state index is 0.109. The summed E-state index contributed by atoms with van der Waals surface area (Å²) < 4.78 is 50.2. The van der Waals surface area contributed by atoms with E-state index in [2.05, 4.69) is 42.5 Å². The number of nitrogens with zero attached hydrogens (tertiary/aromatic N) is 5. The number of ether oxygens (including phenoxy) is 2. The van der Waals surface area contributed by atoms with Gasteiger partial charge in [-0.1, -0.05) is 30.4 Å². The van der Waals surface area contributed by atoms with Gasteiger partial charge in [0.25, 0.3) is 11.5 Å². The molecule has 7 rings (SSSR count). The average Bonchev–Trinajstić information content (AvgIpc) is 3.83. The lowest BCUT2D eigenvalue weighted by Crippen LogP contribution is -2.35. The van der Waals surface area contributed by atoms with Gasteiger partial charge in [0.2, 0.25) is 11.8 Å². The van der Waals surface area contributed by atoms with E-state index in [9.17, 15) is 28.9 Å². The van der Waals surface area contributed by atoms with Crippen LogP contribution in [0.1, 0.15) is 48.3 Å². The number of carbonyl (C=O) groups is 2. The fourth-order valence-electron chi connectivity index (χ4n) is 6.69. The number of imidazole rings is 1. The van der Waals surface area contributed by atoms with E-state index in [0.717, 1.165) is 0 Å². The van der Waals surface area contributed by atoms with Crippen molar-refractivity contribution in [1.29, 1.82) is 0 Å². The van der Waals surface area contributed by atoms with E-state index in [-0.39, 0.29) is 54.3 Å². The molecule has 56 heavy (non-hydrogen) atoms. The predicted molar refractivity (Wildman–Crippen MR) is 203 cm³/mol. The van der Waals surface area contributed by atoms with Crippen LogP contribution >= 0.6 is 25.8 Å². The fraction of sp³-hybridized carbons (Fsp3) is 0.469. The van der Waals surface area contributed by atoms with Crippen LogP contribution in [0.4, 0.5) is 5.95 Å². The molecular formula is C32H38N8O12P2S2. The summed E-state index contributed by atoms with van der Waals surface area (Å²) >= 11 is 9.53. The second-order valence-electron chi connectivity index (χ2n) is 13.4. The lowest BCUT2D eigenvalue weighted by molar-refractivity contribution is -0.119. The number of aliphatic hydroxyl groups is 1. The molecule has 2 bridgehead atoms. The Labute approximate surface area is 328 Å². The highest BCUT2D eigenvalue weighted by Gasteiger charge is 2.51. The van der Waals surface area contributed by atoms with Crippen LogP contribution in [0.5, 0.6) is 5.88 Å². The second-order valence-corrected chi connectivity index (χ2v) is 19.1. The molecule has 2 saturated heterocycles. The number of fused-ring (bicyclic) bond motifs is 4. The summed E-state index contributed by atoms with van der Waals surface area (Å²) in [5.74, 6) is -1.24. The molecule has 300 valence electrons. The van der Waals surface area contributed by atoms with Crippen LogP contribution < -0.4 is 21.3 Å². The minimum Gasteiger partial charge on any atom is -0.474 e. The van der Waals surface area contributed by atoms with Gasteiger partial charge in [0.15, 0.2) is 17.4 Å². The quantitative estimate of drug-likeness (QED) is 0.104. The van der Waals surface area contributed by atoms with Gasteiger partial charge in [0.05, 0.1) is 31.7 Å². The molecule has 20 nitrogen and oxygen atoms in total. The number of aryl methyl sites for hydroxylation is 1. The molecule has 3 aromatic heterocycles. The molecule has 3 aliphatic rings. The van der Waals surface area contributed by atoms with Crippen LogP contribution in [0.3, 0.4) is 0 Å². The summed E-state index contributed by atoms with van der Waals surface area (Å²) in [6.07, 6.45) is -1.86. The van der Waals surface area contributed by atoms with Crippen molar-refractivity contribution in [2.24, 2.45) is 11.7 Å². The number of ketones is 1. The summed E-state index contributed by atoms with van der Waals surface area (Å²) in [6, 6.07) is 7.57. The minimum atomic E-state index is -4.29. The molecule has 2 unspecified atom stereocenters. The maximum Gasteiger partial charge on any atom is 0.386 e. The van der Waals surface area contributed by atoms with Gasteiger partial charge in [-0.25, -0.2) is 19.5 Å². The number of anilines is 1. The monoisotopic (exact) mass is 852 g/mol. The van der Waals surface area contributed by atoms with Crippen molar-refractivity contribution in [3.63, 3.8) is 0 Å². The first-order valence-corrected chi connectivity index (χ1v) is 22.7. The number of rotatable bonds is 9. The summed E-state index contributed by atoms with van der Waals surface area (Å²) in [5.41, 5.74) is 5.50. The zero-order valence-electron chi connectivity index (χ0n) is 29.5. The summed E-state index contributed by atoms with van der Waals surface area (Å²) in [4.78, 5) is 68.9. The second kappa shape index (κ2) is 16.8. The third-order valence-corrected chi connectivity index (χ3v) is 12.7. The lowest BCUT2D eigenvalue weighted by atomic mass is 9.99. The third-order valence-electron chi connectivity index (χ3n) is 9.47. The number of nitrogens with two attached hydrogens (primary N) is 1. The van der Waals surface area contributed by atoms with E-state index in [1.165, 1.54) is 23.4 Å². The Bertz CT molecular complexity index is 2250. The van der Waals surface area contributed by atoms with Crippen LogP contribution in [0.2, 0.25) is 0 Å². The molecule has 1 aliphatic carbocycles. The van der Waals surface area contributed by atoms with Gasteiger partial charge in [-0.3, -0.25) is 33.8 Å². The van der Waals surface area contributed by atoms with Crippen LogP contribution in [-0.2, 0) is 50.4 Å². The molecule has 5 heterocycles. The Balaban J connectivity index is 1.13. The molecule has 3 fully saturated rings. The molecule has 2 aliphatic heterocycles. The Morgan fingerprint density at radius 3 is 2.75 bits per heavy atom. The number of carbonyl (C=O) groups excluding carboxylic acids is 2. The van der Waals surface area contributed by atoms with Crippen molar-refractivity contribution >= 4 is 66.4 Å². The van der Waals surface area contributed by atoms with Crippen molar-refractivity contribution < 1.29 is 51.7 Å². The number of Topliss-reactive ketones (excluding diaryl/α,β-unsaturated/α-hetero) is 1. The number of aromatic nitrogens is 6.